The van der Waals surface area contributed by atoms with Crippen LogP contribution in [0.1, 0.15) is 37.4 Å². The second-order valence-corrected chi connectivity index (χ2v) is 8.08. The van der Waals surface area contributed by atoms with Gasteiger partial charge in [-0.1, -0.05) is 23.4 Å². The Bertz CT molecular complexity index is 1110. The summed E-state index contributed by atoms with van der Waals surface area (Å²) < 4.78 is 11.2. The highest BCUT2D eigenvalue weighted by molar-refractivity contribution is 5.70. The Balaban J connectivity index is 1.62. The first-order valence-corrected chi connectivity index (χ1v) is 10.3. The molecular weight excluding hydrogens is 396 g/mol. The fourth-order valence-corrected chi connectivity index (χ4v) is 4.12. The molecule has 0 saturated carbocycles. The van der Waals surface area contributed by atoms with Crippen molar-refractivity contribution < 1.29 is 19.2 Å². The Morgan fingerprint density at radius 2 is 2.16 bits per heavy atom. The zero-order valence-corrected chi connectivity index (χ0v) is 17.8. The van der Waals surface area contributed by atoms with Crippen LogP contribution in [0.25, 0.3) is 22.8 Å². The van der Waals surface area contributed by atoms with E-state index in [0.29, 0.717) is 23.2 Å². The number of carbonyl (C=O) groups is 1. The number of aromatic nitrogens is 2. The van der Waals surface area contributed by atoms with E-state index in [-0.39, 0.29) is 18.7 Å². The molecule has 1 aliphatic rings. The number of anilines is 1. The van der Waals surface area contributed by atoms with Crippen LogP contribution in [0.3, 0.4) is 0 Å². The molecule has 3 N–H and O–H groups in total. The third-order valence-corrected chi connectivity index (χ3v) is 5.44. The maximum Gasteiger partial charge on any atom is 0.317 e. The normalized spacial score (nSPS) is 15.5. The SMILES string of the molecule is CC(C)Oc1ccc(-c2nc(-c3cccc4c3CC[C@@H]4N(C)CC(=O)O)no2)cc1N. The molecule has 1 aromatic heterocycles. The largest absolute Gasteiger partial charge is 0.489 e. The van der Waals surface area contributed by atoms with E-state index in [9.17, 15) is 4.79 Å². The van der Waals surface area contributed by atoms with Crippen LogP contribution in [0, 0.1) is 0 Å². The lowest BCUT2D eigenvalue weighted by Crippen LogP contribution is -2.28. The Kier molecular flexibility index (Phi) is 5.65. The van der Waals surface area contributed by atoms with Gasteiger partial charge in [0.2, 0.25) is 5.82 Å². The van der Waals surface area contributed by atoms with Gasteiger partial charge in [0.25, 0.3) is 5.89 Å². The highest BCUT2D eigenvalue weighted by Gasteiger charge is 2.29. The number of nitrogens with two attached hydrogens (primary N) is 1. The third kappa shape index (κ3) is 4.25. The van der Waals surface area contributed by atoms with Crippen molar-refractivity contribution in [1.82, 2.24) is 15.0 Å². The molecule has 8 nitrogen and oxygen atoms in total. The first-order valence-electron chi connectivity index (χ1n) is 10.3. The van der Waals surface area contributed by atoms with Crippen molar-refractivity contribution in [3.63, 3.8) is 0 Å². The molecule has 31 heavy (non-hydrogen) atoms. The summed E-state index contributed by atoms with van der Waals surface area (Å²) in [6.45, 7) is 3.89. The van der Waals surface area contributed by atoms with Gasteiger partial charge in [0.1, 0.15) is 5.75 Å². The van der Waals surface area contributed by atoms with Crippen molar-refractivity contribution in [3.8, 4) is 28.6 Å². The molecule has 0 radical (unpaired) electrons. The molecule has 0 unspecified atom stereocenters. The van der Waals surface area contributed by atoms with Gasteiger partial charge in [0.05, 0.1) is 18.3 Å². The highest BCUT2D eigenvalue weighted by Crippen LogP contribution is 2.40. The van der Waals surface area contributed by atoms with Gasteiger partial charge < -0.3 is 20.1 Å². The third-order valence-electron chi connectivity index (χ3n) is 5.44. The second-order valence-electron chi connectivity index (χ2n) is 8.08. The van der Waals surface area contributed by atoms with Crippen molar-refractivity contribution in [1.29, 1.82) is 0 Å². The first kappa shape index (κ1) is 20.9. The van der Waals surface area contributed by atoms with Crippen molar-refractivity contribution in [2.75, 3.05) is 19.3 Å². The number of rotatable bonds is 7. The van der Waals surface area contributed by atoms with Gasteiger partial charge in [-0.3, -0.25) is 9.69 Å². The van der Waals surface area contributed by atoms with E-state index in [0.717, 1.165) is 35.1 Å². The van der Waals surface area contributed by atoms with E-state index >= 15 is 0 Å². The number of benzene rings is 2. The molecule has 4 rings (SSSR count). The summed E-state index contributed by atoms with van der Waals surface area (Å²) in [5.74, 6) is 0.678. The van der Waals surface area contributed by atoms with Crippen LogP contribution in [0.4, 0.5) is 5.69 Å². The molecule has 0 fully saturated rings. The number of aliphatic carboxylic acids is 1. The Hall–Kier alpha value is -3.39. The molecule has 0 bridgehead atoms. The lowest BCUT2D eigenvalue weighted by molar-refractivity contribution is -0.138. The monoisotopic (exact) mass is 422 g/mol. The number of nitrogen functional groups attached to an aromatic ring is 1. The Labute approximate surface area is 180 Å². The first-order chi connectivity index (χ1) is 14.8. The lowest BCUT2D eigenvalue weighted by Gasteiger charge is -2.23. The average Bonchev–Trinajstić information content (AvgIpc) is 3.35. The number of likely N-dealkylation sites (N-methyl/N-ethyl adjacent to an activating group) is 1. The summed E-state index contributed by atoms with van der Waals surface area (Å²) >= 11 is 0. The van der Waals surface area contributed by atoms with Crippen LogP contribution in [-0.4, -0.2) is 45.8 Å². The topological polar surface area (TPSA) is 115 Å². The van der Waals surface area contributed by atoms with Crippen LogP contribution < -0.4 is 10.5 Å². The van der Waals surface area contributed by atoms with Crippen LogP contribution in [0.5, 0.6) is 5.75 Å². The molecule has 0 saturated heterocycles. The van der Waals surface area contributed by atoms with Crippen molar-refractivity contribution >= 4 is 11.7 Å². The van der Waals surface area contributed by atoms with Gasteiger partial charge in [-0.25, -0.2) is 0 Å². The minimum Gasteiger partial charge on any atom is -0.489 e. The number of hydrogen-bond donors (Lipinski definition) is 2. The zero-order chi connectivity index (χ0) is 22.1. The Morgan fingerprint density at radius 3 is 2.87 bits per heavy atom. The summed E-state index contributed by atoms with van der Waals surface area (Å²) in [5, 5.41) is 13.3. The smallest absolute Gasteiger partial charge is 0.317 e. The molecule has 8 heteroatoms. The minimum absolute atomic E-state index is 0.00136. The summed E-state index contributed by atoms with van der Waals surface area (Å²) in [6, 6.07) is 11.4. The molecule has 3 aromatic rings. The number of carboxylic acids is 1. The maximum atomic E-state index is 11.1. The van der Waals surface area contributed by atoms with Crippen LogP contribution in [0.15, 0.2) is 40.9 Å². The maximum absolute atomic E-state index is 11.1. The number of hydrogen-bond acceptors (Lipinski definition) is 7. The fourth-order valence-electron chi connectivity index (χ4n) is 4.12. The number of ether oxygens (including phenoxy) is 1. The molecule has 1 heterocycles. The van der Waals surface area contributed by atoms with Gasteiger partial charge in [-0.2, -0.15) is 4.98 Å². The number of carboxylic acid groups (broad SMARTS) is 1. The predicted molar refractivity (Wildman–Crippen MR) is 117 cm³/mol. The standard InChI is InChI=1S/C23H26N4O4/c1-13(2)30-20-10-7-14(11-18(20)24)23-25-22(26-31-23)17-6-4-5-16-15(17)8-9-19(16)27(3)12-21(28)29/h4-7,10-11,13,19H,8-9,12,24H2,1-3H3,(H,28,29)/t19-/m0/s1. The molecular formula is C23H26N4O4. The van der Waals surface area contributed by atoms with E-state index in [4.69, 9.17) is 20.1 Å². The van der Waals surface area contributed by atoms with E-state index in [1.807, 2.05) is 50.1 Å². The zero-order valence-electron chi connectivity index (χ0n) is 17.8. The fraction of sp³-hybridized carbons (Fsp3) is 0.348. The van der Waals surface area contributed by atoms with Crippen molar-refractivity contribution in [2.45, 2.75) is 38.8 Å². The van der Waals surface area contributed by atoms with Crippen LogP contribution >= 0.6 is 0 Å². The predicted octanol–water partition coefficient (Wildman–Crippen LogP) is 3.78. The van der Waals surface area contributed by atoms with E-state index in [2.05, 4.69) is 10.1 Å². The number of nitrogens with zero attached hydrogens (tertiary/aromatic N) is 3. The molecule has 1 aliphatic carbocycles. The lowest BCUT2D eigenvalue weighted by atomic mass is 10.0. The molecule has 2 aromatic carbocycles. The summed E-state index contributed by atoms with van der Waals surface area (Å²) in [5.41, 5.74) is 10.5. The van der Waals surface area contributed by atoms with E-state index in [1.165, 1.54) is 0 Å². The van der Waals surface area contributed by atoms with Crippen LogP contribution in [-0.2, 0) is 11.2 Å². The average molecular weight is 422 g/mol. The van der Waals surface area contributed by atoms with Crippen molar-refractivity contribution in [2.24, 2.45) is 0 Å². The van der Waals surface area contributed by atoms with E-state index < -0.39 is 5.97 Å². The quantitative estimate of drug-likeness (QED) is 0.553. The van der Waals surface area contributed by atoms with Gasteiger partial charge in [0, 0.05) is 17.2 Å². The molecule has 162 valence electrons. The molecule has 1 atom stereocenters. The summed E-state index contributed by atoms with van der Waals surface area (Å²) in [4.78, 5) is 17.6. The van der Waals surface area contributed by atoms with E-state index in [1.54, 1.807) is 12.1 Å². The highest BCUT2D eigenvalue weighted by atomic mass is 16.5. The van der Waals surface area contributed by atoms with Crippen LogP contribution in [0.2, 0.25) is 0 Å². The number of fused-ring (bicyclic) bond motifs is 1. The molecule has 0 amide bonds. The van der Waals surface area contributed by atoms with Gasteiger partial charge >= 0.3 is 5.97 Å². The minimum atomic E-state index is -0.834. The Morgan fingerprint density at radius 1 is 1.35 bits per heavy atom. The van der Waals surface area contributed by atoms with Gasteiger partial charge in [0.15, 0.2) is 0 Å². The summed E-state index contributed by atoms with van der Waals surface area (Å²) in [7, 11) is 1.84. The van der Waals surface area contributed by atoms with Gasteiger partial charge in [-0.05, 0) is 63.1 Å². The van der Waals surface area contributed by atoms with Crippen molar-refractivity contribution in [3.05, 3.63) is 47.5 Å². The molecule has 0 spiro atoms. The molecule has 0 aliphatic heterocycles. The summed E-state index contributed by atoms with van der Waals surface area (Å²) in [6.07, 6.45) is 1.72. The second kappa shape index (κ2) is 8.39. The van der Waals surface area contributed by atoms with Gasteiger partial charge in [-0.15, -0.1) is 0 Å².